The molecule has 2 rings (SSSR count). The van der Waals surface area contributed by atoms with E-state index in [4.69, 9.17) is 4.84 Å². The summed E-state index contributed by atoms with van der Waals surface area (Å²) in [7, 11) is 0. The first kappa shape index (κ1) is 12.6. The molecule has 0 aromatic heterocycles. The molecule has 1 aromatic carbocycles. The van der Waals surface area contributed by atoms with Crippen molar-refractivity contribution in [2.45, 2.75) is 32.5 Å². The highest BCUT2D eigenvalue weighted by Crippen LogP contribution is 2.37. The number of benzene rings is 1. The van der Waals surface area contributed by atoms with Crippen LogP contribution < -0.4 is 5.32 Å². The van der Waals surface area contributed by atoms with Crippen molar-refractivity contribution in [2.75, 3.05) is 0 Å². The maximum atomic E-state index is 11.8. The summed E-state index contributed by atoms with van der Waals surface area (Å²) < 4.78 is 1.16. The molecule has 1 atom stereocenters. The molecule has 92 valence electrons. The Morgan fingerprint density at radius 1 is 1.35 bits per heavy atom. The molecule has 0 saturated carbocycles. The summed E-state index contributed by atoms with van der Waals surface area (Å²) >= 11 is 2.24. The minimum absolute atomic E-state index is 0.193. The van der Waals surface area contributed by atoms with Crippen LogP contribution in [0.25, 0.3) is 0 Å². The van der Waals surface area contributed by atoms with E-state index in [1.165, 1.54) is 5.06 Å². The third-order valence-electron chi connectivity index (χ3n) is 2.22. The fraction of sp³-hybridized carbons (Fsp3) is 0.417. The highest BCUT2D eigenvalue weighted by atomic mass is 127. The van der Waals surface area contributed by atoms with Gasteiger partial charge in [-0.15, -0.1) is 0 Å². The van der Waals surface area contributed by atoms with Crippen LogP contribution in [-0.2, 0) is 4.84 Å². The number of hydrogen-bond donors (Lipinski definition) is 1. The molecule has 1 N–H and O–H groups in total. The lowest BCUT2D eigenvalue weighted by atomic mass is 10.1. The number of carbonyl (C=O) groups excluding carboxylic acids is 1. The number of hydroxylamine groups is 2. The monoisotopic (exact) mass is 346 g/mol. The van der Waals surface area contributed by atoms with Gasteiger partial charge in [-0.2, -0.15) is 5.06 Å². The smallest absolute Gasteiger partial charge is 0.332 e. The predicted molar refractivity (Wildman–Crippen MR) is 73.1 cm³/mol. The second-order valence-electron chi connectivity index (χ2n) is 5.02. The summed E-state index contributed by atoms with van der Waals surface area (Å²) in [6.45, 7) is 5.82. The van der Waals surface area contributed by atoms with Crippen molar-refractivity contribution in [3.8, 4) is 0 Å². The van der Waals surface area contributed by atoms with Crippen molar-refractivity contribution in [3.05, 3.63) is 33.4 Å². The molecule has 1 aliphatic rings. The van der Waals surface area contributed by atoms with Crippen LogP contribution in [0.15, 0.2) is 24.3 Å². The molecule has 1 saturated heterocycles. The van der Waals surface area contributed by atoms with Gasteiger partial charge in [0.2, 0.25) is 6.23 Å². The van der Waals surface area contributed by atoms with Crippen molar-refractivity contribution in [1.82, 2.24) is 10.4 Å². The molecule has 1 aromatic rings. The van der Waals surface area contributed by atoms with Crippen LogP contribution >= 0.6 is 22.6 Å². The average Bonchev–Trinajstić information content (AvgIpc) is 2.96. The fourth-order valence-corrected chi connectivity index (χ4v) is 1.79. The van der Waals surface area contributed by atoms with Gasteiger partial charge in [-0.25, -0.2) is 9.63 Å². The van der Waals surface area contributed by atoms with Gasteiger partial charge in [-0.1, -0.05) is 12.1 Å². The molecular weight excluding hydrogens is 331 g/mol. The molecule has 2 amide bonds. The number of carbonyl (C=O) groups is 1. The van der Waals surface area contributed by atoms with Gasteiger partial charge in [0.25, 0.3) is 0 Å². The summed E-state index contributed by atoms with van der Waals surface area (Å²) in [5, 5.41) is 4.21. The molecular formula is C12H15IN2O2. The van der Waals surface area contributed by atoms with Gasteiger partial charge in [0.05, 0.1) is 0 Å². The van der Waals surface area contributed by atoms with Crippen LogP contribution in [0.4, 0.5) is 4.79 Å². The Morgan fingerprint density at radius 3 is 2.47 bits per heavy atom. The normalized spacial score (nSPS) is 19.1. The Bertz CT molecular complexity index is 425. The van der Waals surface area contributed by atoms with E-state index in [0.717, 1.165) is 9.13 Å². The lowest BCUT2D eigenvalue weighted by molar-refractivity contribution is 0.169. The van der Waals surface area contributed by atoms with Gasteiger partial charge in [-0.3, -0.25) is 0 Å². The Hall–Kier alpha value is -0.820. The van der Waals surface area contributed by atoms with Gasteiger partial charge >= 0.3 is 6.03 Å². The second kappa shape index (κ2) is 4.45. The highest BCUT2D eigenvalue weighted by molar-refractivity contribution is 14.1. The molecule has 0 aliphatic carbocycles. The summed E-state index contributed by atoms with van der Waals surface area (Å²) in [5.41, 5.74) is 0.745. The summed E-state index contributed by atoms with van der Waals surface area (Å²) in [6, 6.07) is 7.74. The molecule has 0 radical (unpaired) electrons. The van der Waals surface area contributed by atoms with Crippen molar-refractivity contribution in [1.29, 1.82) is 0 Å². The first-order valence-electron chi connectivity index (χ1n) is 5.40. The van der Waals surface area contributed by atoms with Crippen molar-refractivity contribution in [2.24, 2.45) is 0 Å². The van der Waals surface area contributed by atoms with Crippen molar-refractivity contribution < 1.29 is 9.63 Å². The molecule has 4 nitrogen and oxygen atoms in total. The van der Waals surface area contributed by atoms with Crippen molar-refractivity contribution in [3.63, 3.8) is 0 Å². The zero-order chi connectivity index (χ0) is 12.6. The van der Waals surface area contributed by atoms with E-state index < -0.39 is 0 Å². The van der Waals surface area contributed by atoms with Crippen LogP contribution in [-0.4, -0.2) is 16.6 Å². The van der Waals surface area contributed by atoms with E-state index >= 15 is 0 Å². The molecule has 0 spiro atoms. The first-order valence-corrected chi connectivity index (χ1v) is 6.48. The Morgan fingerprint density at radius 2 is 1.94 bits per heavy atom. The van der Waals surface area contributed by atoms with Crippen LogP contribution in [0.5, 0.6) is 0 Å². The predicted octanol–water partition coefficient (Wildman–Crippen LogP) is 3.05. The topological polar surface area (TPSA) is 44.6 Å². The standard InChI is InChI=1S/C12H15IN2O2/c1-12(2,3)14-11(16)15-10(17-15)8-4-6-9(13)7-5-8/h4-7,10H,1-3H3,(H,14,16)/t10-,15?/m1/s1. The minimum atomic E-state index is -0.250. The summed E-state index contributed by atoms with van der Waals surface area (Å²) in [5.74, 6) is 0. The quantitative estimate of drug-likeness (QED) is 0.628. The summed E-state index contributed by atoms with van der Waals surface area (Å²) in [6.07, 6.45) is -0.241. The van der Waals surface area contributed by atoms with Crippen LogP contribution in [0.3, 0.4) is 0 Å². The van der Waals surface area contributed by atoms with Crippen LogP contribution in [0, 0.1) is 3.57 Å². The van der Waals surface area contributed by atoms with Gasteiger partial charge in [0, 0.05) is 14.7 Å². The van der Waals surface area contributed by atoms with Crippen LogP contribution in [0.1, 0.15) is 32.6 Å². The molecule has 0 bridgehead atoms. The number of halogens is 1. The van der Waals surface area contributed by atoms with E-state index in [9.17, 15) is 4.79 Å². The molecule has 1 aliphatic heterocycles. The number of amides is 2. The van der Waals surface area contributed by atoms with Crippen molar-refractivity contribution >= 4 is 28.6 Å². The Labute approximate surface area is 114 Å². The van der Waals surface area contributed by atoms with E-state index in [2.05, 4.69) is 27.9 Å². The maximum Gasteiger partial charge on any atom is 0.344 e. The first-order chi connectivity index (χ1) is 7.87. The van der Waals surface area contributed by atoms with E-state index in [1.807, 2.05) is 45.0 Å². The molecule has 0 unspecified atom stereocenters. The Balaban J connectivity index is 1.96. The maximum absolute atomic E-state index is 11.8. The zero-order valence-electron chi connectivity index (χ0n) is 10.0. The number of urea groups is 1. The molecule has 5 heteroatoms. The Kier molecular flexibility index (Phi) is 3.31. The SMILES string of the molecule is CC(C)(C)NC(=O)N1O[C@@H]1c1ccc(I)cc1. The fourth-order valence-electron chi connectivity index (χ4n) is 1.43. The highest BCUT2D eigenvalue weighted by Gasteiger charge is 2.43. The van der Waals surface area contributed by atoms with Gasteiger partial charge < -0.3 is 5.32 Å². The lowest BCUT2D eigenvalue weighted by Crippen LogP contribution is -2.43. The van der Waals surface area contributed by atoms with Crippen LogP contribution in [0.2, 0.25) is 0 Å². The number of nitrogens with zero attached hydrogens (tertiary/aromatic N) is 1. The van der Waals surface area contributed by atoms with Gasteiger partial charge in [0.15, 0.2) is 0 Å². The number of rotatable bonds is 1. The van der Waals surface area contributed by atoms with Gasteiger partial charge in [-0.05, 0) is 55.5 Å². The zero-order valence-corrected chi connectivity index (χ0v) is 12.2. The van der Waals surface area contributed by atoms with E-state index in [-0.39, 0.29) is 17.8 Å². The number of hydrogen-bond acceptors (Lipinski definition) is 2. The van der Waals surface area contributed by atoms with E-state index in [0.29, 0.717) is 0 Å². The number of nitrogens with one attached hydrogen (secondary N) is 1. The molecule has 17 heavy (non-hydrogen) atoms. The molecule has 1 heterocycles. The van der Waals surface area contributed by atoms with E-state index in [1.54, 1.807) is 0 Å². The third kappa shape index (κ3) is 3.32. The largest absolute Gasteiger partial charge is 0.344 e. The summed E-state index contributed by atoms with van der Waals surface area (Å²) in [4.78, 5) is 17.0. The lowest BCUT2D eigenvalue weighted by Gasteiger charge is -2.19. The minimum Gasteiger partial charge on any atom is -0.332 e. The van der Waals surface area contributed by atoms with Gasteiger partial charge in [0.1, 0.15) is 0 Å². The molecule has 1 fully saturated rings. The average molecular weight is 346 g/mol. The second-order valence-corrected chi connectivity index (χ2v) is 6.26. The third-order valence-corrected chi connectivity index (χ3v) is 2.94.